The molecule has 2 rings (SSSR count). The van der Waals surface area contributed by atoms with Crippen LogP contribution < -0.4 is 0 Å². The monoisotopic (exact) mass is 223 g/mol. The fourth-order valence-corrected chi connectivity index (χ4v) is 2.16. The molecule has 0 aromatic carbocycles. The number of hydrogen-bond acceptors (Lipinski definition) is 1. The molecule has 0 bridgehead atoms. The summed E-state index contributed by atoms with van der Waals surface area (Å²) in [4.78, 5) is 0. The van der Waals surface area contributed by atoms with Gasteiger partial charge in [0.25, 0.3) is 0 Å². The molecule has 2 nitrogen and oxygen atoms in total. The number of rotatable bonds is 3. The van der Waals surface area contributed by atoms with Gasteiger partial charge in [-0.25, -0.2) is 0 Å². The van der Waals surface area contributed by atoms with Gasteiger partial charge in [-0.2, -0.15) is 0 Å². The molecule has 0 saturated carbocycles. The third-order valence-corrected chi connectivity index (χ3v) is 2.75. The van der Waals surface area contributed by atoms with Gasteiger partial charge in [0, 0.05) is 12.2 Å². The van der Waals surface area contributed by atoms with Crippen molar-refractivity contribution in [2.24, 2.45) is 0 Å². The van der Waals surface area contributed by atoms with Crippen LogP contribution in [0.4, 0.5) is 0 Å². The van der Waals surface area contributed by atoms with Gasteiger partial charge in [0.1, 0.15) is 5.69 Å². The third-order valence-electron chi connectivity index (χ3n) is 2.46. The Kier molecular flexibility index (Phi) is 2.87. The maximum Gasteiger partial charge on any atom is 0.151 e. The van der Waals surface area contributed by atoms with E-state index in [-0.39, 0.29) is 0 Å². The molecule has 0 saturated heterocycles. The summed E-state index contributed by atoms with van der Waals surface area (Å²) in [6.45, 7) is 5.18. The maximum absolute atomic E-state index is 6.20. The van der Waals surface area contributed by atoms with Crippen LogP contribution >= 0.6 is 11.6 Å². The first-order valence-electron chi connectivity index (χ1n) is 5.13. The summed E-state index contributed by atoms with van der Waals surface area (Å²) in [5.41, 5.74) is 2.16. The molecular weight excluding hydrogens is 210 g/mol. The molecule has 0 N–H and O–H groups in total. The summed E-state index contributed by atoms with van der Waals surface area (Å²) in [5.74, 6) is 0.835. The average Bonchev–Trinajstić information content (AvgIpc) is 2.77. The molecule has 15 heavy (non-hydrogen) atoms. The molecule has 0 unspecified atom stereocenters. The molecule has 0 atom stereocenters. The first-order valence-corrected chi connectivity index (χ1v) is 5.51. The number of hydrogen-bond donors (Lipinski definition) is 0. The largest absolute Gasteiger partial charge is 0.463 e. The van der Waals surface area contributed by atoms with E-state index in [1.54, 1.807) is 6.26 Å². The molecule has 2 aromatic heterocycles. The van der Waals surface area contributed by atoms with Gasteiger partial charge in [-0.15, -0.1) is 0 Å². The van der Waals surface area contributed by atoms with E-state index < -0.39 is 0 Å². The molecule has 0 aliphatic heterocycles. The van der Waals surface area contributed by atoms with Crippen molar-refractivity contribution in [3.63, 3.8) is 0 Å². The van der Waals surface area contributed by atoms with Crippen LogP contribution in [-0.2, 0) is 6.54 Å². The van der Waals surface area contributed by atoms with E-state index in [0.717, 1.165) is 29.4 Å². The van der Waals surface area contributed by atoms with Crippen LogP contribution in [0, 0.1) is 6.92 Å². The van der Waals surface area contributed by atoms with Gasteiger partial charge in [-0.05, 0) is 31.5 Å². The maximum atomic E-state index is 6.20. The lowest BCUT2D eigenvalue weighted by Gasteiger charge is -2.08. The summed E-state index contributed by atoms with van der Waals surface area (Å²) in [5, 5.41) is 0.760. The van der Waals surface area contributed by atoms with Gasteiger partial charge in [-0.3, -0.25) is 0 Å². The van der Waals surface area contributed by atoms with Crippen molar-refractivity contribution in [3.8, 4) is 11.5 Å². The first kappa shape index (κ1) is 10.4. The van der Waals surface area contributed by atoms with Crippen molar-refractivity contribution in [1.82, 2.24) is 4.57 Å². The molecule has 0 amide bonds. The van der Waals surface area contributed by atoms with Crippen molar-refractivity contribution in [2.45, 2.75) is 26.8 Å². The molecule has 0 aliphatic carbocycles. The van der Waals surface area contributed by atoms with Crippen LogP contribution in [0.15, 0.2) is 28.9 Å². The average molecular weight is 224 g/mol. The van der Waals surface area contributed by atoms with Gasteiger partial charge in [0.2, 0.25) is 0 Å². The summed E-state index contributed by atoms with van der Waals surface area (Å²) in [6.07, 6.45) is 2.75. The molecule has 0 radical (unpaired) electrons. The van der Waals surface area contributed by atoms with E-state index in [0.29, 0.717) is 0 Å². The van der Waals surface area contributed by atoms with Crippen molar-refractivity contribution in [2.75, 3.05) is 0 Å². The summed E-state index contributed by atoms with van der Waals surface area (Å²) >= 11 is 6.20. The number of aryl methyl sites for hydroxylation is 1. The highest BCUT2D eigenvalue weighted by Gasteiger charge is 2.14. The summed E-state index contributed by atoms with van der Waals surface area (Å²) in [6, 6.07) is 5.80. The Morgan fingerprint density at radius 3 is 2.87 bits per heavy atom. The van der Waals surface area contributed by atoms with Crippen LogP contribution in [0.1, 0.15) is 19.0 Å². The standard InChI is InChI=1S/C12H14ClNO/c1-3-6-14-9(2)8-10(13)12(14)11-5-4-7-15-11/h4-5,7-8H,3,6H2,1-2H3. The lowest BCUT2D eigenvalue weighted by molar-refractivity contribution is 0.568. The van der Waals surface area contributed by atoms with E-state index in [2.05, 4.69) is 18.4 Å². The summed E-state index contributed by atoms with van der Waals surface area (Å²) < 4.78 is 7.59. The van der Waals surface area contributed by atoms with E-state index in [4.69, 9.17) is 16.0 Å². The van der Waals surface area contributed by atoms with Crippen LogP contribution in [0.3, 0.4) is 0 Å². The lowest BCUT2D eigenvalue weighted by Crippen LogP contribution is -2.00. The van der Waals surface area contributed by atoms with E-state index >= 15 is 0 Å². The van der Waals surface area contributed by atoms with Crippen LogP contribution in [0.5, 0.6) is 0 Å². The second-order valence-corrected chi connectivity index (χ2v) is 4.02. The second-order valence-electron chi connectivity index (χ2n) is 3.61. The highest BCUT2D eigenvalue weighted by Crippen LogP contribution is 2.31. The molecule has 3 heteroatoms. The third kappa shape index (κ3) is 1.82. The molecule has 80 valence electrons. The van der Waals surface area contributed by atoms with E-state index in [1.165, 1.54) is 5.69 Å². The normalized spacial score (nSPS) is 10.9. The zero-order valence-corrected chi connectivity index (χ0v) is 9.71. The van der Waals surface area contributed by atoms with E-state index in [1.807, 2.05) is 18.2 Å². The van der Waals surface area contributed by atoms with Crippen molar-refractivity contribution < 1.29 is 4.42 Å². The fourth-order valence-electron chi connectivity index (χ4n) is 1.81. The number of halogens is 1. The Hall–Kier alpha value is -1.15. The van der Waals surface area contributed by atoms with Gasteiger partial charge >= 0.3 is 0 Å². The molecule has 0 fully saturated rings. The first-order chi connectivity index (χ1) is 7.24. The van der Waals surface area contributed by atoms with Crippen LogP contribution in [-0.4, -0.2) is 4.57 Å². The van der Waals surface area contributed by atoms with Gasteiger partial charge in [0.05, 0.1) is 11.3 Å². The number of furan rings is 1. The fraction of sp³-hybridized carbons (Fsp3) is 0.333. The summed E-state index contributed by atoms with van der Waals surface area (Å²) in [7, 11) is 0. The predicted octanol–water partition coefficient (Wildman–Crippen LogP) is 4.12. The number of nitrogens with zero attached hydrogens (tertiary/aromatic N) is 1. The van der Waals surface area contributed by atoms with Crippen molar-refractivity contribution >= 4 is 11.6 Å². The van der Waals surface area contributed by atoms with Crippen molar-refractivity contribution in [1.29, 1.82) is 0 Å². The highest BCUT2D eigenvalue weighted by atomic mass is 35.5. The Morgan fingerprint density at radius 2 is 2.27 bits per heavy atom. The SMILES string of the molecule is CCCn1c(C)cc(Cl)c1-c1ccco1. The molecule has 2 aromatic rings. The van der Waals surface area contributed by atoms with Crippen LogP contribution in [0.25, 0.3) is 11.5 Å². The molecule has 0 spiro atoms. The topological polar surface area (TPSA) is 18.1 Å². The van der Waals surface area contributed by atoms with Crippen molar-refractivity contribution in [3.05, 3.63) is 35.2 Å². The van der Waals surface area contributed by atoms with Gasteiger partial charge in [0.15, 0.2) is 5.76 Å². The lowest BCUT2D eigenvalue weighted by atomic mass is 10.3. The number of aromatic nitrogens is 1. The second kappa shape index (κ2) is 4.15. The Labute approximate surface area is 94.5 Å². The minimum Gasteiger partial charge on any atom is -0.463 e. The molecular formula is C12H14ClNO. The Balaban J connectivity index is 2.54. The quantitative estimate of drug-likeness (QED) is 0.766. The van der Waals surface area contributed by atoms with Gasteiger partial charge < -0.3 is 8.98 Å². The zero-order valence-electron chi connectivity index (χ0n) is 8.96. The van der Waals surface area contributed by atoms with Crippen LogP contribution in [0.2, 0.25) is 5.02 Å². The smallest absolute Gasteiger partial charge is 0.151 e. The molecule has 0 aliphatic rings. The Bertz CT molecular complexity index is 442. The zero-order chi connectivity index (χ0) is 10.8. The Morgan fingerprint density at radius 1 is 1.47 bits per heavy atom. The molecule has 2 heterocycles. The minimum atomic E-state index is 0.760. The van der Waals surface area contributed by atoms with Gasteiger partial charge in [-0.1, -0.05) is 18.5 Å². The predicted molar refractivity (Wildman–Crippen MR) is 62.2 cm³/mol. The van der Waals surface area contributed by atoms with E-state index in [9.17, 15) is 0 Å². The highest BCUT2D eigenvalue weighted by molar-refractivity contribution is 6.33. The minimum absolute atomic E-state index is 0.760.